The minimum absolute atomic E-state index is 0.146. The van der Waals surface area contributed by atoms with Crippen LogP contribution in [0.25, 0.3) is 0 Å². The van der Waals surface area contributed by atoms with Crippen LogP contribution in [-0.4, -0.2) is 15.8 Å². The number of aromatic nitrogens is 2. The molecule has 0 amide bonds. The van der Waals surface area contributed by atoms with Crippen LogP contribution >= 0.6 is 0 Å². The number of aryl methyl sites for hydroxylation is 1. The molecule has 2 aromatic rings. The van der Waals surface area contributed by atoms with Crippen LogP contribution in [0.4, 0.5) is 5.69 Å². The van der Waals surface area contributed by atoms with Crippen molar-refractivity contribution in [2.45, 2.75) is 6.92 Å². The molecule has 0 aliphatic heterocycles. The fourth-order valence-corrected chi connectivity index (χ4v) is 1.29. The molecule has 2 aromatic heterocycles. The highest BCUT2D eigenvalue weighted by Gasteiger charge is 2.09. The number of anilines is 1. The van der Waals surface area contributed by atoms with Gasteiger partial charge >= 0.3 is 0 Å². The molecule has 16 heavy (non-hydrogen) atoms. The fraction of sp³-hybridized carbons (Fsp3) is 0.0833. The summed E-state index contributed by atoms with van der Waals surface area (Å²) < 4.78 is 0. The summed E-state index contributed by atoms with van der Waals surface area (Å²) in [6.07, 6.45) is 3.02. The van der Waals surface area contributed by atoms with Crippen molar-refractivity contribution in [3.05, 3.63) is 53.6 Å². The van der Waals surface area contributed by atoms with Crippen LogP contribution in [0.2, 0.25) is 0 Å². The Hall–Kier alpha value is -2.23. The van der Waals surface area contributed by atoms with E-state index in [1.807, 2.05) is 6.92 Å². The predicted octanol–water partition coefficient (Wildman–Crippen LogP) is 1.60. The van der Waals surface area contributed by atoms with Crippen molar-refractivity contribution in [3.63, 3.8) is 0 Å². The standard InChI is InChI=1S/C12H11N3O/c1-8-2-3-9(6-14-8)12(16)11-5-4-10(13)7-15-11/h2-7H,13H2,1H3. The normalized spacial score (nSPS) is 10.1. The summed E-state index contributed by atoms with van der Waals surface area (Å²) in [4.78, 5) is 20.0. The molecule has 0 bridgehead atoms. The fourth-order valence-electron chi connectivity index (χ4n) is 1.29. The third kappa shape index (κ3) is 2.06. The van der Waals surface area contributed by atoms with E-state index in [0.717, 1.165) is 5.69 Å². The first-order valence-electron chi connectivity index (χ1n) is 4.86. The summed E-state index contributed by atoms with van der Waals surface area (Å²) in [7, 11) is 0. The minimum atomic E-state index is -0.146. The highest BCUT2D eigenvalue weighted by Crippen LogP contribution is 2.08. The van der Waals surface area contributed by atoms with Crippen molar-refractivity contribution in [1.82, 2.24) is 9.97 Å². The maximum Gasteiger partial charge on any atom is 0.212 e. The number of nitrogen functional groups attached to an aromatic ring is 1. The molecule has 0 saturated heterocycles. The lowest BCUT2D eigenvalue weighted by atomic mass is 10.1. The first-order valence-corrected chi connectivity index (χ1v) is 4.86. The number of nitrogens with zero attached hydrogens (tertiary/aromatic N) is 2. The molecule has 0 radical (unpaired) electrons. The molecule has 0 aromatic carbocycles. The topological polar surface area (TPSA) is 68.9 Å². The molecule has 2 N–H and O–H groups in total. The zero-order valence-electron chi connectivity index (χ0n) is 8.84. The Kier molecular flexibility index (Phi) is 2.64. The van der Waals surface area contributed by atoms with Gasteiger partial charge in [-0.05, 0) is 31.2 Å². The van der Waals surface area contributed by atoms with Gasteiger partial charge in [0.2, 0.25) is 5.78 Å². The van der Waals surface area contributed by atoms with Gasteiger partial charge in [0.1, 0.15) is 5.69 Å². The number of nitrogens with two attached hydrogens (primary N) is 1. The van der Waals surface area contributed by atoms with Gasteiger partial charge in [-0.3, -0.25) is 14.8 Å². The van der Waals surface area contributed by atoms with Crippen molar-refractivity contribution in [2.75, 3.05) is 5.73 Å². The first-order chi connectivity index (χ1) is 7.66. The predicted molar refractivity (Wildman–Crippen MR) is 61.1 cm³/mol. The van der Waals surface area contributed by atoms with Crippen molar-refractivity contribution >= 4 is 11.5 Å². The Morgan fingerprint density at radius 3 is 2.50 bits per heavy atom. The molecular formula is C12H11N3O. The van der Waals surface area contributed by atoms with Crippen molar-refractivity contribution in [2.24, 2.45) is 0 Å². The Morgan fingerprint density at radius 1 is 1.12 bits per heavy atom. The molecule has 80 valence electrons. The molecule has 2 heterocycles. The maximum atomic E-state index is 11.9. The second kappa shape index (κ2) is 4.10. The molecule has 0 unspecified atom stereocenters. The molecule has 2 rings (SSSR count). The van der Waals surface area contributed by atoms with Gasteiger partial charge in [0.15, 0.2) is 0 Å². The highest BCUT2D eigenvalue weighted by molar-refractivity contribution is 6.07. The van der Waals surface area contributed by atoms with E-state index < -0.39 is 0 Å². The molecule has 0 saturated carbocycles. The Bertz CT molecular complexity index is 455. The average Bonchev–Trinajstić information content (AvgIpc) is 2.30. The lowest BCUT2D eigenvalue weighted by molar-refractivity contribution is 0.103. The van der Waals surface area contributed by atoms with Crippen LogP contribution in [0.1, 0.15) is 21.7 Å². The number of ketones is 1. The molecule has 0 atom stereocenters. The van der Waals surface area contributed by atoms with E-state index in [0.29, 0.717) is 16.9 Å². The van der Waals surface area contributed by atoms with Gasteiger partial charge in [-0.2, -0.15) is 0 Å². The van der Waals surface area contributed by atoms with Gasteiger partial charge in [0.25, 0.3) is 0 Å². The van der Waals surface area contributed by atoms with Crippen LogP contribution < -0.4 is 5.73 Å². The van der Waals surface area contributed by atoms with Crippen molar-refractivity contribution < 1.29 is 4.79 Å². The summed E-state index contributed by atoms with van der Waals surface area (Å²) >= 11 is 0. The van der Waals surface area contributed by atoms with Gasteiger partial charge in [0.05, 0.1) is 11.9 Å². The molecule has 4 heteroatoms. The molecule has 0 spiro atoms. The van der Waals surface area contributed by atoms with E-state index in [9.17, 15) is 4.79 Å². The summed E-state index contributed by atoms with van der Waals surface area (Å²) in [5.41, 5.74) is 7.82. The van der Waals surface area contributed by atoms with E-state index in [4.69, 9.17) is 5.73 Å². The number of hydrogen-bond acceptors (Lipinski definition) is 4. The van der Waals surface area contributed by atoms with Gasteiger partial charge < -0.3 is 5.73 Å². The second-order valence-corrected chi connectivity index (χ2v) is 3.49. The van der Waals surface area contributed by atoms with E-state index in [2.05, 4.69) is 9.97 Å². The van der Waals surface area contributed by atoms with E-state index in [1.165, 1.54) is 6.20 Å². The minimum Gasteiger partial charge on any atom is -0.397 e. The summed E-state index contributed by atoms with van der Waals surface area (Å²) in [5.74, 6) is -0.146. The van der Waals surface area contributed by atoms with Gasteiger partial charge in [-0.25, -0.2) is 0 Å². The van der Waals surface area contributed by atoms with Crippen LogP contribution in [-0.2, 0) is 0 Å². The average molecular weight is 213 g/mol. The summed E-state index contributed by atoms with van der Waals surface area (Å²) in [6.45, 7) is 1.87. The van der Waals surface area contributed by atoms with Crippen LogP contribution in [0.3, 0.4) is 0 Å². The third-order valence-corrected chi connectivity index (χ3v) is 2.19. The number of pyridine rings is 2. The van der Waals surface area contributed by atoms with E-state index in [1.54, 1.807) is 30.5 Å². The quantitative estimate of drug-likeness (QED) is 0.769. The van der Waals surface area contributed by atoms with Gasteiger partial charge in [-0.1, -0.05) is 0 Å². The van der Waals surface area contributed by atoms with Crippen molar-refractivity contribution in [3.8, 4) is 0 Å². The van der Waals surface area contributed by atoms with E-state index >= 15 is 0 Å². The third-order valence-electron chi connectivity index (χ3n) is 2.19. The largest absolute Gasteiger partial charge is 0.397 e. The Balaban J connectivity index is 2.32. The van der Waals surface area contributed by atoms with Crippen LogP contribution in [0.15, 0.2) is 36.7 Å². The lowest BCUT2D eigenvalue weighted by Crippen LogP contribution is -2.04. The number of rotatable bonds is 2. The number of hydrogen-bond donors (Lipinski definition) is 1. The monoisotopic (exact) mass is 213 g/mol. The van der Waals surface area contributed by atoms with Crippen LogP contribution in [0, 0.1) is 6.92 Å². The van der Waals surface area contributed by atoms with Gasteiger partial charge in [-0.15, -0.1) is 0 Å². The molecule has 0 aliphatic rings. The Labute approximate surface area is 93.2 Å². The maximum absolute atomic E-state index is 11.9. The van der Waals surface area contributed by atoms with Gasteiger partial charge in [0, 0.05) is 17.5 Å². The highest BCUT2D eigenvalue weighted by atomic mass is 16.1. The molecule has 0 aliphatic carbocycles. The SMILES string of the molecule is Cc1ccc(C(=O)c2ccc(N)cn2)cn1. The molecule has 0 fully saturated rings. The summed E-state index contributed by atoms with van der Waals surface area (Å²) in [5, 5.41) is 0. The zero-order chi connectivity index (χ0) is 11.5. The number of carbonyl (C=O) groups excluding carboxylic acids is 1. The van der Waals surface area contributed by atoms with E-state index in [-0.39, 0.29) is 5.78 Å². The second-order valence-electron chi connectivity index (χ2n) is 3.49. The molecular weight excluding hydrogens is 202 g/mol. The van der Waals surface area contributed by atoms with Crippen LogP contribution in [0.5, 0.6) is 0 Å². The molecule has 4 nitrogen and oxygen atoms in total. The number of carbonyl (C=O) groups is 1. The lowest BCUT2D eigenvalue weighted by Gasteiger charge is -2.00. The zero-order valence-corrected chi connectivity index (χ0v) is 8.84. The Morgan fingerprint density at radius 2 is 1.94 bits per heavy atom. The van der Waals surface area contributed by atoms with Crippen molar-refractivity contribution in [1.29, 1.82) is 0 Å². The smallest absolute Gasteiger partial charge is 0.212 e. The summed E-state index contributed by atoms with van der Waals surface area (Å²) in [6, 6.07) is 6.80. The first kappa shape index (κ1) is 10.3.